The van der Waals surface area contributed by atoms with Crippen molar-refractivity contribution in [3.05, 3.63) is 35.2 Å². The van der Waals surface area contributed by atoms with Crippen molar-refractivity contribution in [2.45, 2.75) is 26.2 Å². The molecule has 0 saturated heterocycles. The first-order valence-electron chi connectivity index (χ1n) is 5.27. The molecule has 0 aromatic carbocycles. The van der Waals surface area contributed by atoms with E-state index in [1.807, 2.05) is 0 Å². The molecule has 3 N–H and O–H groups in total. The third-order valence-corrected chi connectivity index (χ3v) is 3.00. The highest BCUT2D eigenvalue weighted by atomic mass is 16.3. The number of carbonyl (C=O) groups excluding carboxylic acids is 1. The van der Waals surface area contributed by atoms with Gasteiger partial charge in [0.15, 0.2) is 0 Å². The predicted molar refractivity (Wildman–Crippen MR) is 60.5 cm³/mol. The highest BCUT2D eigenvalue weighted by Crippen LogP contribution is 2.28. The third-order valence-electron chi connectivity index (χ3n) is 3.00. The van der Waals surface area contributed by atoms with Gasteiger partial charge in [0, 0.05) is 12.5 Å². The van der Waals surface area contributed by atoms with Gasteiger partial charge in [-0.3, -0.25) is 4.79 Å². The number of nitrogens with two attached hydrogens (primary N) is 1. The molecule has 1 aliphatic rings. The van der Waals surface area contributed by atoms with Crippen molar-refractivity contribution >= 4 is 11.5 Å². The molecule has 1 aromatic rings. The summed E-state index contributed by atoms with van der Waals surface area (Å²) in [7, 11) is 0. The lowest BCUT2D eigenvalue weighted by molar-refractivity contribution is -0.641. The molecule has 0 aliphatic heterocycles. The molecule has 0 fully saturated rings. The Labute approximate surface area is 94.0 Å². The van der Waals surface area contributed by atoms with E-state index in [9.17, 15) is 9.90 Å². The van der Waals surface area contributed by atoms with Gasteiger partial charge in [0.25, 0.3) is 5.69 Å². The number of aliphatic hydroxyl groups excluding tert-OH is 1. The van der Waals surface area contributed by atoms with Gasteiger partial charge < -0.3 is 5.11 Å². The van der Waals surface area contributed by atoms with Crippen molar-refractivity contribution in [3.63, 3.8) is 0 Å². The number of aliphatic hydroxyl groups is 1. The van der Waals surface area contributed by atoms with Crippen LogP contribution >= 0.6 is 0 Å². The van der Waals surface area contributed by atoms with E-state index >= 15 is 0 Å². The Bertz CT molecular complexity index is 492. The number of carbonyl (C=O) groups is 1. The number of nitrogens with zero attached hydrogens (tertiary/aromatic N) is 1. The summed E-state index contributed by atoms with van der Waals surface area (Å²) >= 11 is 0. The maximum atomic E-state index is 11.5. The van der Waals surface area contributed by atoms with E-state index in [0.29, 0.717) is 11.3 Å². The zero-order valence-corrected chi connectivity index (χ0v) is 9.29. The fourth-order valence-corrected chi connectivity index (χ4v) is 2.38. The molecule has 0 atom stereocenters. The normalized spacial score (nSPS) is 13.6. The van der Waals surface area contributed by atoms with Crippen LogP contribution in [0, 0.1) is 0 Å². The number of hydrogen-bond donors (Lipinski definition) is 2. The molecule has 0 radical (unpaired) electrons. The number of pyridine rings is 1. The molecule has 0 spiro atoms. The Hall–Kier alpha value is -1.84. The molecular weight excluding hydrogens is 204 g/mol. The number of hydrogen-bond acceptors (Lipinski definition) is 3. The third kappa shape index (κ3) is 1.46. The van der Waals surface area contributed by atoms with Crippen LogP contribution in [-0.2, 0) is 12.8 Å². The minimum absolute atomic E-state index is 0.00690. The topological polar surface area (TPSA) is 67.2 Å². The summed E-state index contributed by atoms with van der Waals surface area (Å²) in [4.78, 5) is 11.5. The van der Waals surface area contributed by atoms with Gasteiger partial charge in [0.05, 0.1) is 5.56 Å². The average molecular weight is 219 g/mol. The van der Waals surface area contributed by atoms with Gasteiger partial charge in [-0.2, -0.15) is 0 Å². The standard InChI is InChI=1S/C12H14N2O2/c1-7(15)11-6-14(13)12(8(2)16)10-5-3-4-9(10)11/h6H,1,3-5H2,2H3,(H2-,13,15,16)/p+1. The minimum Gasteiger partial charge on any atom is -0.508 e. The Kier molecular flexibility index (Phi) is 2.42. The molecule has 0 amide bonds. The minimum atomic E-state index is -0.0456. The van der Waals surface area contributed by atoms with Crippen LogP contribution in [0.4, 0.5) is 0 Å². The van der Waals surface area contributed by atoms with E-state index in [0.717, 1.165) is 30.4 Å². The number of Topliss-reactive ketones (excluding diaryl/α,β-unsaturated/α-hetero) is 1. The maximum Gasteiger partial charge on any atom is 0.280 e. The first-order chi connectivity index (χ1) is 7.52. The van der Waals surface area contributed by atoms with E-state index in [-0.39, 0.29) is 11.5 Å². The van der Waals surface area contributed by atoms with E-state index in [4.69, 9.17) is 5.84 Å². The summed E-state index contributed by atoms with van der Waals surface area (Å²) in [6, 6.07) is 0. The van der Waals surface area contributed by atoms with Crippen LogP contribution in [0.25, 0.3) is 5.76 Å². The Morgan fingerprint density at radius 2 is 2.12 bits per heavy atom. The number of rotatable bonds is 2. The highest BCUT2D eigenvalue weighted by Gasteiger charge is 2.30. The van der Waals surface area contributed by atoms with Crippen LogP contribution < -0.4 is 10.5 Å². The maximum absolute atomic E-state index is 11.5. The largest absolute Gasteiger partial charge is 0.508 e. The molecule has 1 aliphatic carbocycles. The zero-order chi connectivity index (χ0) is 11.9. The van der Waals surface area contributed by atoms with E-state index in [1.165, 1.54) is 11.6 Å². The molecule has 4 nitrogen and oxygen atoms in total. The van der Waals surface area contributed by atoms with Crippen molar-refractivity contribution in [2.75, 3.05) is 5.84 Å². The molecule has 4 heteroatoms. The van der Waals surface area contributed by atoms with Crippen molar-refractivity contribution in [3.8, 4) is 0 Å². The van der Waals surface area contributed by atoms with Crippen LogP contribution in [0.1, 0.15) is 40.5 Å². The van der Waals surface area contributed by atoms with Gasteiger partial charge in [-0.25, -0.2) is 5.84 Å². The fourth-order valence-electron chi connectivity index (χ4n) is 2.38. The van der Waals surface area contributed by atoms with Crippen LogP contribution in [0.3, 0.4) is 0 Å². The molecule has 0 bridgehead atoms. The lowest BCUT2D eigenvalue weighted by atomic mass is 10.0. The Balaban J connectivity index is 2.74. The fraction of sp³-hybridized carbons (Fsp3) is 0.333. The van der Waals surface area contributed by atoms with Gasteiger partial charge in [-0.05, 0) is 24.8 Å². The van der Waals surface area contributed by atoms with Gasteiger partial charge in [-0.15, -0.1) is 0 Å². The quantitative estimate of drug-likeness (QED) is 0.336. The molecule has 0 saturated carbocycles. The van der Waals surface area contributed by atoms with E-state index < -0.39 is 0 Å². The second-order valence-electron chi connectivity index (χ2n) is 4.11. The van der Waals surface area contributed by atoms with Crippen LogP contribution in [0.5, 0.6) is 0 Å². The number of ketones is 1. The summed E-state index contributed by atoms with van der Waals surface area (Å²) in [5, 5.41) is 9.49. The first-order valence-corrected chi connectivity index (χ1v) is 5.27. The molecular formula is C12H15N2O2+. The SMILES string of the molecule is C=C(O)c1c[n+](N)c(C(C)=O)c2c1CCC2. The summed E-state index contributed by atoms with van der Waals surface area (Å²) < 4.78 is 1.29. The molecule has 1 aromatic heterocycles. The monoisotopic (exact) mass is 219 g/mol. The predicted octanol–water partition coefficient (Wildman–Crippen LogP) is 0.908. The summed E-state index contributed by atoms with van der Waals surface area (Å²) in [5.41, 5.74) is 3.17. The van der Waals surface area contributed by atoms with E-state index in [2.05, 4.69) is 6.58 Å². The van der Waals surface area contributed by atoms with Crippen molar-refractivity contribution < 1.29 is 14.6 Å². The van der Waals surface area contributed by atoms with Gasteiger partial charge in [-0.1, -0.05) is 11.3 Å². The van der Waals surface area contributed by atoms with Crippen molar-refractivity contribution in [1.82, 2.24) is 0 Å². The lowest BCUT2D eigenvalue weighted by Gasteiger charge is -2.07. The van der Waals surface area contributed by atoms with Crippen LogP contribution in [-0.4, -0.2) is 10.9 Å². The number of aromatic nitrogens is 1. The molecule has 16 heavy (non-hydrogen) atoms. The second kappa shape index (κ2) is 3.63. The van der Waals surface area contributed by atoms with Crippen LogP contribution in [0.15, 0.2) is 12.8 Å². The summed E-state index contributed by atoms with van der Waals surface area (Å²) in [6.07, 6.45) is 4.26. The van der Waals surface area contributed by atoms with Gasteiger partial charge >= 0.3 is 0 Å². The summed E-state index contributed by atoms with van der Waals surface area (Å²) in [6.45, 7) is 5.02. The second-order valence-corrected chi connectivity index (χ2v) is 4.11. The molecule has 0 unspecified atom stereocenters. The van der Waals surface area contributed by atoms with Gasteiger partial charge in [0.2, 0.25) is 12.0 Å². The summed E-state index contributed by atoms with van der Waals surface area (Å²) in [5.74, 6) is 5.74. The van der Waals surface area contributed by atoms with Gasteiger partial charge in [0.1, 0.15) is 5.76 Å². The van der Waals surface area contributed by atoms with Crippen LogP contribution in [0.2, 0.25) is 0 Å². The van der Waals surface area contributed by atoms with Crippen molar-refractivity contribution in [2.24, 2.45) is 0 Å². The smallest absolute Gasteiger partial charge is 0.280 e. The number of fused-ring (bicyclic) bond motifs is 1. The van der Waals surface area contributed by atoms with Crippen molar-refractivity contribution in [1.29, 1.82) is 0 Å². The number of nitrogen functional groups attached to an aromatic ring is 1. The zero-order valence-electron chi connectivity index (χ0n) is 9.29. The average Bonchev–Trinajstić information content (AvgIpc) is 2.63. The first kappa shape index (κ1) is 10.7. The van der Waals surface area contributed by atoms with E-state index in [1.54, 1.807) is 6.20 Å². The lowest BCUT2D eigenvalue weighted by Crippen LogP contribution is -2.50. The molecule has 2 rings (SSSR count). The highest BCUT2D eigenvalue weighted by molar-refractivity contribution is 5.93. The molecule has 84 valence electrons. The Morgan fingerprint density at radius 3 is 2.69 bits per heavy atom. The molecule has 1 heterocycles. The Morgan fingerprint density at radius 1 is 1.50 bits per heavy atom.